The molecule has 0 radical (unpaired) electrons. The number of rotatable bonds is 12. The first kappa shape index (κ1) is 25.3. The molecule has 8 heteroatoms. The molecule has 1 rings (SSSR count). The first-order chi connectivity index (χ1) is 13.4. The van der Waals surface area contributed by atoms with Crippen molar-refractivity contribution in [2.75, 3.05) is 20.8 Å². The molecule has 29 heavy (non-hydrogen) atoms. The summed E-state index contributed by atoms with van der Waals surface area (Å²) in [5.41, 5.74) is 1.47. The lowest BCUT2D eigenvalue weighted by atomic mass is 10.1. The Kier molecular flexibility index (Phi) is 9.45. The number of hydrogen-bond acceptors (Lipinski definition) is 6. The summed E-state index contributed by atoms with van der Waals surface area (Å²) in [4.78, 5) is 11.5. The average Bonchev–Trinajstić information content (AvgIpc) is 2.63. The number of hydrogen-bond donors (Lipinski definition) is 1. The van der Waals surface area contributed by atoms with Crippen LogP contribution in [0.15, 0.2) is 24.3 Å². The van der Waals surface area contributed by atoms with Crippen molar-refractivity contribution < 1.29 is 28.2 Å². The van der Waals surface area contributed by atoms with Gasteiger partial charge in [-0.15, -0.1) is 0 Å². The summed E-state index contributed by atoms with van der Waals surface area (Å²) in [6.45, 7) is 14.5. The highest BCUT2D eigenvalue weighted by Crippen LogP contribution is 2.38. The quantitative estimate of drug-likeness (QED) is 0.216. The van der Waals surface area contributed by atoms with Crippen molar-refractivity contribution in [1.82, 2.24) is 0 Å². The number of esters is 1. The Labute approximate surface area is 177 Å². The minimum atomic E-state index is -1.89. The van der Waals surface area contributed by atoms with Crippen LogP contribution < -0.4 is 9.47 Å². The van der Waals surface area contributed by atoms with Gasteiger partial charge in [0.2, 0.25) is 5.75 Å². The molecule has 0 heterocycles. The minimum absolute atomic E-state index is 0.0207. The Morgan fingerprint density at radius 1 is 1.03 bits per heavy atom. The van der Waals surface area contributed by atoms with Gasteiger partial charge in [-0.2, -0.15) is 0 Å². The first-order valence-corrected chi connectivity index (χ1v) is 16.1. The number of phenolic OH excluding ortho intramolecular Hbond substituents is 1. The molecule has 0 unspecified atom stereocenters. The van der Waals surface area contributed by atoms with E-state index in [1.807, 2.05) is 12.1 Å². The van der Waals surface area contributed by atoms with Crippen LogP contribution in [0.1, 0.15) is 18.9 Å². The highest BCUT2D eigenvalue weighted by molar-refractivity contribution is 6.84. The number of methoxy groups -OCH3 is 2. The Balaban J connectivity index is 2.61. The van der Waals surface area contributed by atoms with Gasteiger partial charge in [-0.1, -0.05) is 6.58 Å². The van der Waals surface area contributed by atoms with Crippen LogP contribution in [0.25, 0.3) is 0 Å². The second kappa shape index (κ2) is 10.8. The summed E-state index contributed by atoms with van der Waals surface area (Å²) < 4.78 is 22.3. The van der Waals surface area contributed by atoms with Gasteiger partial charge in [0.25, 0.3) is 0 Å². The van der Waals surface area contributed by atoms with Crippen LogP contribution in [0.3, 0.4) is 0 Å². The van der Waals surface area contributed by atoms with Gasteiger partial charge in [-0.05, 0) is 75.7 Å². The Morgan fingerprint density at radius 3 is 2.03 bits per heavy atom. The van der Waals surface area contributed by atoms with E-state index in [9.17, 15) is 9.90 Å². The molecule has 0 aliphatic carbocycles. The van der Waals surface area contributed by atoms with Gasteiger partial charge in [0.05, 0.1) is 20.8 Å². The van der Waals surface area contributed by atoms with Crippen LogP contribution in [0.5, 0.6) is 17.2 Å². The van der Waals surface area contributed by atoms with Gasteiger partial charge in [-0.25, -0.2) is 4.79 Å². The molecule has 0 fully saturated rings. The normalized spacial score (nSPS) is 11.8. The number of ether oxygens (including phenoxy) is 3. The van der Waals surface area contributed by atoms with E-state index in [1.165, 1.54) is 14.2 Å². The van der Waals surface area contributed by atoms with Crippen LogP contribution in [0.2, 0.25) is 38.3 Å². The lowest BCUT2D eigenvalue weighted by Gasteiger charge is -2.34. The van der Waals surface area contributed by atoms with Crippen LogP contribution in [-0.4, -0.2) is 48.5 Å². The zero-order chi connectivity index (χ0) is 22.2. The zero-order valence-corrected chi connectivity index (χ0v) is 20.9. The van der Waals surface area contributed by atoms with Gasteiger partial charge >= 0.3 is 5.97 Å². The molecule has 0 atom stereocenters. The topological polar surface area (TPSA) is 74.2 Å². The second-order valence-electron chi connectivity index (χ2n) is 8.49. The molecule has 0 bridgehead atoms. The standard InChI is InChI=1S/C21H36O6Si2/c1-16(2)21(23)26-11-9-12-28(5,6)27-29(7,8)13-10-17-14-18(24-3)20(22)19(15-17)25-4/h14-15,22H,1,9-13H2,2-8H3. The second-order valence-corrected chi connectivity index (χ2v) is 17.3. The van der Waals surface area contributed by atoms with Crippen molar-refractivity contribution in [2.45, 2.75) is 58.0 Å². The Hall–Kier alpha value is -1.78. The molecular weight excluding hydrogens is 404 g/mol. The first-order valence-electron chi connectivity index (χ1n) is 9.87. The molecule has 0 amide bonds. The molecule has 0 aliphatic rings. The molecule has 0 saturated carbocycles. The maximum absolute atomic E-state index is 11.5. The zero-order valence-electron chi connectivity index (χ0n) is 18.9. The largest absolute Gasteiger partial charge is 0.502 e. The number of carbonyl (C=O) groups is 1. The number of benzene rings is 1. The fourth-order valence-corrected chi connectivity index (χ4v) is 11.9. The van der Waals surface area contributed by atoms with E-state index in [1.54, 1.807) is 6.92 Å². The van der Waals surface area contributed by atoms with E-state index < -0.39 is 16.6 Å². The van der Waals surface area contributed by atoms with Crippen LogP contribution in [-0.2, 0) is 20.1 Å². The molecule has 6 nitrogen and oxygen atoms in total. The summed E-state index contributed by atoms with van der Waals surface area (Å²) in [7, 11) is -0.697. The van der Waals surface area contributed by atoms with Crippen molar-refractivity contribution in [1.29, 1.82) is 0 Å². The molecule has 0 spiro atoms. The minimum Gasteiger partial charge on any atom is -0.502 e. The summed E-state index contributed by atoms with van der Waals surface area (Å²) >= 11 is 0. The molecule has 164 valence electrons. The average molecular weight is 441 g/mol. The molecule has 1 aromatic rings. The van der Waals surface area contributed by atoms with Crippen LogP contribution in [0.4, 0.5) is 0 Å². The van der Waals surface area contributed by atoms with Crippen molar-refractivity contribution in [3.05, 3.63) is 29.8 Å². The molecule has 1 aromatic carbocycles. The van der Waals surface area contributed by atoms with Crippen molar-refractivity contribution in [2.24, 2.45) is 0 Å². The predicted octanol–water partition coefficient (Wildman–Crippen LogP) is 4.89. The third kappa shape index (κ3) is 8.63. The molecule has 0 saturated heterocycles. The summed E-state index contributed by atoms with van der Waals surface area (Å²) in [5.74, 6) is 0.518. The summed E-state index contributed by atoms with van der Waals surface area (Å²) in [6.07, 6.45) is 1.63. The van der Waals surface area contributed by atoms with E-state index in [0.29, 0.717) is 23.7 Å². The van der Waals surface area contributed by atoms with Gasteiger partial charge < -0.3 is 23.4 Å². The third-order valence-electron chi connectivity index (χ3n) is 4.61. The smallest absolute Gasteiger partial charge is 0.333 e. The number of aryl methyl sites for hydroxylation is 1. The summed E-state index contributed by atoms with van der Waals surface area (Å²) in [5, 5.41) is 10.1. The van der Waals surface area contributed by atoms with Crippen molar-refractivity contribution in [3.8, 4) is 17.2 Å². The number of carbonyl (C=O) groups excluding carboxylic acids is 1. The Bertz CT molecular complexity index is 690. The molecular formula is C21H36O6Si2. The molecule has 0 aliphatic heterocycles. The van der Waals surface area contributed by atoms with E-state index in [0.717, 1.165) is 30.5 Å². The van der Waals surface area contributed by atoms with Crippen molar-refractivity contribution >= 4 is 22.6 Å². The predicted molar refractivity (Wildman–Crippen MR) is 121 cm³/mol. The van der Waals surface area contributed by atoms with E-state index in [2.05, 4.69) is 32.8 Å². The SMILES string of the molecule is C=C(C)C(=O)OCCC[Si](C)(C)O[Si](C)(C)CCc1cc(OC)c(O)c(OC)c1. The van der Waals surface area contributed by atoms with Crippen LogP contribution in [0, 0.1) is 0 Å². The lowest BCUT2D eigenvalue weighted by Crippen LogP contribution is -2.44. The monoisotopic (exact) mass is 440 g/mol. The van der Waals surface area contributed by atoms with Gasteiger partial charge in [0, 0.05) is 5.57 Å². The maximum Gasteiger partial charge on any atom is 0.333 e. The summed E-state index contributed by atoms with van der Waals surface area (Å²) in [6, 6.07) is 5.58. The van der Waals surface area contributed by atoms with Gasteiger partial charge in [0.1, 0.15) is 0 Å². The lowest BCUT2D eigenvalue weighted by molar-refractivity contribution is -0.138. The van der Waals surface area contributed by atoms with E-state index >= 15 is 0 Å². The maximum atomic E-state index is 11.5. The third-order valence-corrected chi connectivity index (χ3v) is 12.0. The van der Waals surface area contributed by atoms with Crippen molar-refractivity contribution in [3.63, 3.8) is 0 Å². The van der Waals surface area contributed by atoms with Gasteiger partial charge in [-0.3, -0.25) is 0 Å². The van der Waals surface area contributed by atoms with E-state index in [-0.39, 0.29) is 11.7 Å². The number of phenols is 1. The highest BCUT2D eigenvalue weighted by Gasteiger charge is 2.32. The highest BCUT2D eigenvalue weighted by atomic mass is 28.4. The molecule has 0 aromatic heterocycles. The number of aromatic hydroxyl groups is 1. The Morgan fingerprint density at radius 2 is 1.55 bits per heavy atom. The van der Waals surface area contributed by atoms with Crippen LogP contribution >= 0.6 is 0 Å². The van der Waals surface area contributed by atoms with Gasteiger partial charge in [0.15, 0.2) is 28.1 Å². The molecule has 1 N–H and O–H groups in total. The fraction of sp³-hybridized carbons (Fsp3) is 0.571. The fourth-order valence-electron chi connectivity index (χ4n) is 3.17. The van der Waals surface area contributed by atoms with E-state index in [4.69, 9.17) is 18.3 Å².